The number of nitrogens with zero attached hydrogens (tertiary/aromatic N) is 3. The molecular weight excluding hydrogens is 290 g/mol. The summed E-state index contributed by atoms with van der Waals surface area (Å²) in [6.45, 7) is 5.42. The van der Waals surface area contributed by atoms with Crippen LogP contribution in [0, 0.1) is 19.8 Å². The predicted octanol–water partition coefficient (Wildman–Crippen LogP) is 3.04. The van der Waals surface area contributed by atoms with E-state index in [-0.39, 0.29) is 6.10 Å². The molecule has 1 aliphatic carbocycles. The summed E-state index contributed by atoms with van der Waals surface area (Å²) in [5.41, 5.74) is 1.83. The van der Waals surface area contributed by atoms with Gasteiger partial charge in [0.25, 0.3) is 0 Å². The molecule has 2 heterocycles. The van der Waals surface area contributed by atoms with Crippen LogP contribution in [-0.4, -0.2) is 40.0 Å². The Morgan fingerprint density at radius 2 is 1.87 bits per heavy atom. The summed E-state index contributed by atoms with van der Waals surface area (Å²) in [5.74, 6) is 0.901. The quantitative estimate of drug-likeness (QED) is 0.856. The Morgan fingerprint density at radius 1 is 1.17 bits per heavy atom. The van der Waals surface area contributed by atoms with Crippen molar-refractivity contribution in [1.29, 1.82) is 0 Å². The largest absolute Gasteiger partial charge is 0.458 e. The van der Waals surface area contributed by atoms with Crippen molar-refractivity contribution in [3.05, 3.63) is 17.5 Å². The molecule has 1 amide bonds. The number of carbonyl (C=O) groups is 1. The van der Waals surface area contributed by atoms with E-state index in [9.17, 15) is 4.79 Å². The number of aryl methyl sites for hydroxylation is 2. The lowest BCUT2D eigenvalue weighted by molar-refractivity contribution is -0.134. The minimum Gasteiger partial charge on any atom is -0.458 e. The summed E-state index contributed by atoms with van der Waals surface area (Å²) in [6, 6.07) is 2.38. The zero-order chi connectivity index (χ0) is 16.2. The summed E-state index contributed by atoms with van der Waals surface area (Å²) < 4.78 is 5.95. The van der Waals surface area contributed by atoms with Gasteiger partial charge < -0.3 is 9.64 Å². The van der Waals surface area contributed by atoms with Gasteiger partial charge in [-0.15, -0.1) is 0 Å². The molecular formula is C18H27N3O2. The van der Waals surface area contributed by atoms with E-state index in [1.807, 2.05) is 24.8 Å². The fourth-order valence-electron chi connectivity index (χ4n) is 3.75. The molecule has 5 heteroatoms. The summed E-state index contributed by atoms with van der Waals surface area (Å²) >= 11 is 0. The van der Waals surface area contributed by atoms with Crippen LogP contribution in [0.3, 0.4) is 0 Å². The van der Waals surface area contributed by atoms with Crippen molar-refractivity contribution < 1.29 is 9.53 Å². The van der Waals surface area contributed by atoms with Gasteiger partial charge in [-0.3, -0.25) is 4.79 Å². The van der Waals surface area contributed by atoms with Gasteiger partial charge in [-0.25, -0.2) is 9.97 Å². The van der Waals surface area contributed by atoms with E-state index in [1.165, 1.54) is 25.7 Å². The van der Waals surface area contributed by atoms with Crippen LogP contribution >= 0.6 is 0 Å². The lowest BCUT2D eigenvalue weighted by atomic mass is 10.0. The van der Waals surface area contributed by atoms with E-state index in [4.69, 9.17) is 4.74 Å². The first kappa shape index (κ1) is 16.2. The molecule has 2 fully saturated rings. The molecule has 1 aromatic rings. The first-order chi connectivity index (χ1) is 11.1. The lowest BCUT2D eigenvalue weighted by Gasteiger charge is -2.33. The molecule has 2 aliphatic rings. The van der Waals surface area contributed by atoms with Crippen molar-refractivity contribution in [2.24, 2.45) is 5.92 Å². The number of rotatable bonds is 4. The van der Waals surface area contributed by atoms with Gasteiger partial charge in [-0.1, -0.05) is 12.8 Å². The molecule has 5 nitrogen and oxygen atoms in total. The smallest absolute Gasteiger partial charge is 0.317 e. The number of aromatic nitrogens is 2. The monoisotopic (exact) mass is 317 g/mol. The van der Waals surface area contributed by atoms with E-state index in [1.54, 1.807) is 0 Å². The normalized spacial score (nSPS) is 22.3. The highest BCUT2D eigenvalue weighted by molar-refractivity contribution is 5.76. The Hall–Kier alpha value is -1.65. The summed E-state index contributed by atoms with van der Waals surface area (Å²) in [6.07, 6.45) is 7.69. The standard InChI is InChI=1S/C18H27N3O2/c1-13-10-14(2)20-18(19-13)23-16-8-5-9-21(12-16)17(22)11-15-6-3-4-7-15/h10,15-16H,3-9,11-12H2,1-2H3. The van der Waals surface area contributed by atoms with Crippen LogP contribution in [0.2, 0.25) is 0 Å². The van der Waals surface area contributed by atoms with Crippen LogP contribution in [0.5, 0.6) is 6.01 Å². The van der Waals surface area contributed by atoms with Crippen molar-refractivity contribution >= 4 is 5.91 Å². The Balaban J connectivity index is 1.55. The Morgan fingerprint density at radius 3 is 2.57 bits per heavy atom. The minimum atomic E-state index is 0.0116. The van der Waals surface area contributed by atoms with E-state index < -0.39 is 0 Å². The van der Waals surface area contributed by atoms with Crippen molar-refractivity contribution in [1.82, 2.24) is 14.9 Å². The molecule has 0 spiro atoms. The van der Waals surface area contributed by atoms with Gasteiger partial charge in [0.15, 0.2) is 0 Å². The van der Waals surface area contributed by atoms with Crippen LogP contribution in [0.4, 0.5) is 0 Å². The molecule has 1 aliphatic heterocycles. The molecule has 126 valence electrons. The third-order valence-corrected chi connectivity index (χ3v) is 4.90. The second-order valence-corrected chi connectivity index (χ2v) is 7.01. The Kier molecular flexibility index (Phi) is 5.13. The average Bonchev–Trinajstić information content (AvgIpc) is 2.99. The van der Waals surface area contributed by atoms with Crippen LogP contribution in [0.1, 0.15) is 56.3 Å². The van der Waals surface area contributed by atoms with Gasteiger partial charge in [0.2, 0.25) is 5.91 Å². The SMILES string of the molecule is Cc1cc(C)nc(OC2CCCN(C(=O)CC3CCCC3)C2)n1. The molecule has 0 aromatic carbocycles. The van der Waals surface area contributed by atoms with Gasteiger partial charge >= 0.3 is 6.01 Å². The molecule has 23 heavy (non-hydrogen) atoms. The van der Waals surface area contributed by atoms with Crippen molar-refractivity contribution in [2.75, 3.05) is 13.1 Å². The second-order valence-electron chi connectivity index (χ2n) is 7.01. The van der Waals surface area contributed by atoms with Crippen molar-refractivity contribution in [3.8, 4) is 6.01 Å². The average molecular weight is 317 g/mol. The molecule has 0 radical (unpaired) electrons. The number of hydrogen-bond acceptors (Lipinski definition) is 4. The van der Waals surface area contributed by atoms with Gasteiger partial charge in [-0.2, -0.15) is 0 Å². The summed E-state index contributed by atoms with van der Waals surface area (Å²) in [5, 5.41) is 0. The molecule has 0 bridgehead atoms. The molecule has 0 N–H and O–H groups in total. The van der Waals surface area contributed by atoms with E-state index in [2.05, 4.69) is 9.97 Å². The maximum Gasteiger partial charge on any atom is 0.317 e. The molecule has 1 atom stereocenters. The molecule has 1 aromatic heterocycles. The minimum absolute atomic E-state index is 0.0116. The lowest BCUT2D eigenvalue weighted by Crippen LogP contribution is -2.45. The van der Waals surface area contributed by atoms with Gasteiger partial charge in [0.05, 0.1) is 6.54 Å². The second kappa shape index (κ2) is 7.28. The highest BCUT2D eigenvalue weighted by Gasteiger charge is 2.28. The maximum absolute atomic E-state index is 12.5. The zero-order valence-corrected chi connectivity index (χ0v) is 14.3. The first-order valence-electron chi connectivity index (χ1n) is 8.87. The van der Waals surface area contributed by atoms with Crippen LogP contribution in [0.25, 0.3) is 0 Å². The fourth-order valence-corrected chi connectivity index (χ4v) is 3.75. The van der Waals surface area contributed by atoms with E-state index in [0.717, 1.165) is 30.8 Å². The number of ether oxygens (including phenoxy) is 1. The van der Waals surface area contributed by atoms with Gasteiger partial charge in [-0.05, 0) is 51.5 Å². The molecule has 1 saturated carbocycles. The van der Waals surface area contributed by atoms with Crippen LogP contribution in [-0.2, 0) is 4.79 Å². The molecule has 1 unspecified atom stereocenters. The number of carbonyl (C=O) groups excluding carboxylic acids is 1. The number of likely N-dealkylation sites (tertiary alicyclic amines) is 1. The predicted molar refractivity (Wildman–Crippen MR) is 88.3 cm³/mol. The highest BCUT2D eigenvalue weighted by Crippen LogP contribution is 2.28. The number of hydrogen-bond donors (Lipinski definition) is 0. The number of amides is 1. The molecule has 3 rings (SSSR count). The topological polar surface area (TPSA) is 55.3 Å². The van der Waals surface area contributed by atoms with Gasteiger partial charge in [0.1, 0.15) is 6.10 Å². The third kappa shape index (κ3) is 4.43. The zero-order valence-electron chi connectivity index (χ0n) is 14.3. The molecule has 1 saturated heterocycles. The Labute approximate surface area is 138 Å². The summed E-state index contributed by atoms with van der Waals surface area (Å²) in [7, 11) is 0. The van der Waals surface area contributed by atoms with Crippen molar-refractivity contribution in [3.63, 3.8) is 0 Å². The Bertz CT molecular complexity index is 535. The van der Waals surface area contributed by atoms with E-state index >= 15 is 0 Å². The number of piperidine rings is 1. The van der Waals surface area contributed by atoms with Crippen LogP contribution in [0.15, 0.2) is 6.07 Å². The third-order valence-electron chi connectivity index (χ3n) is 4.90. The maximum atomic E-state index is 12.5. The first-order valence-corrected chi connectivity index (χ1v) is 8.87. The van der Waals surface area contributed by atoms with E-state index in [0.29, 0.717) is 30.8 Å². The fraction of sp³-hybridized carbons (Fsp3) is 0.722. The van der Waals surface area contributed by atoms with Gasteiger partial charge in [0, 0.05) is 24.4 Å². The van der Waals surface area contributed by atoms with Crippen molar-refractivity contribution in [2.45, 2.75) is 64.9 Å². The van der Waals surface area contributed by atoms with Crippen LogP contribution < -0.4 is 4.74 Å². The summed E-state index contributed by atoms with van der Waals surface area (Å²) in [4.78, 5) is 23.2. The highest BCUT2D eigenvalue weighted by atomic mass is 16.5.